The quantitative estimate of drug-likeness (QED) is 0.0211. The Labute approximate surface area is 308 Å². The minimum Gasteiger partial charge on any atom is -0.498 e. The third-order valence-corrected chi connectivity index (χ3v) is 9.61. The maximum absolute atomic E-state index is 12.5. The predicted octanol–water partition coefficient (Wildman–Crippen LogP) is 12.2. The smallest absolute Gasteiger partial charge is 0.472 e. The van der Waals surface area contributed by atoms with Crippen molar-refractivity contribution in [2.75, 3.05) is 26.4 Å². The van der Waals surface area contributed by atoms with Crippen molar-refractivity contribution < 1.29 is 32.8 Å². The molecule has 0 bridgehead atoms. The first kappa shape index (κ1) is 48.6. The fourth-order valence-corrected chi connectivity index (χ4v) is 6.35. The van der Waals surface area contributed by atoms with Gasteiger partial charge in [-0.15, -0.1) is 0 Å². The van der Waals surface area contributed by atoms with Gasteiger partial charge in [-0.3, -0.25) is 13.8 Å². The number of rotatable bonds is 39. The van der Waals surface area contributed by atoms with Gasteiger partial charge in [-0.25, -0.2) is 4.57 Å². The number of nitrogens with two attached hydrogens (primary N) is 1. The molecule has 0 aliphatic carbocycles. The fourth-order valence-electron chi connectivity index (χ4n) is 5.58. The van der Waals surface area contributed by atoms with Crippen molar-refractivity contribution in [3.05, 3.63) is 36.6 Å². The van der Waals surface area contributed by atoms with Crippen molar-refractivity contribution >= 4 is 13.8 Å². The van der Waals surface area contributed by atoms with E-state index in [1.807, 2.05) is 6.08 Å². The second-order valence-corrected chi connectivity index (χ2v) is 15.0. The molecule has 0 saturated heterocycles. The third-order valence-electron chi connectivity index (χ3n) is 8.62. The van der Waals surface area contributed by atoms with Crippen LogP contribution in [0, 0.1) is 0 Å². The maximum Gasteiger partial charge on any atom is 0.472 e. The van der Waals surface area contributed by atoms with Crippen LogP contribution >= 0.6 is 7.82 Å². The van der Waals surface area contributed by atoms with Crippen LogP contribution in [0.2, 0.25) is 0 Å². The minimum absolute atomic E-state index is 0.0303. The Morgan fingerprint density at radius 2 is 1.08 bits per heavy atom. The Bertz CT molecular complexity index is 864. The van der Waals surface area contributed by atoms with Crippen LogP contribution in [0.4, 0.5) is 0 Å². The van der Waals surface area contributed by atoms with E-state index in [1.165, 1.54) is 122 Å². The minimum atomic E-state index is -4.29. The summed E-state index contributed by atoms with van der Waals surface area (Å²) in [5, 5.41) is 0. The van der Waals surface area contributed by atoms with Gasteiger partial charge in [0.1, 0.15) is 6.61 Å². The van der Waals surface area contributed by atoms with Gasteiger partial charge in [-0.2, -0.15) is 0 Å². The zero-order valence-corrected chi connectivity index (χ0v) is 33.3. The lowest BCUT2D eigenvalue weighted by atomic mass is 10.0. The summed E-state index contributed by atoms with van der Waals surface area (Å²) in [4.78, 5) is 22.4. The van der Waals surface area contributed by atoms with Crippen LogP contribution in [0.3, 0.4) is 0 Å². The van der Waals surface area contributed by atoms with Gasteiger partial charge in [-0.1, -0.05) is 154 Å². The lowest BCUT2D eigenvalue weighted by molar-refractivity contribution is -0.153. The van der Waals surface area contributed by atoms with E-state index >= 15 is 0 Å². The predicted molar refractivity (Wildman–Crippen MR) is 210 cm³/mol. The number of phosphoric acid groups is 1. The zero-order chi connectivity index (χ0) is 36.6. The van der Waals surface area contributed by atoms with Gasteiger partial charge in [0.15, 0.2) is 6.10 Å². The molecule has 8 nitrogen and oxygen atoms in total. The molecule has 0 fully saturated rings. The van der Waals surface area contributed by atoms with Crippen molar-refractivity contribution in [3.8, 4) is 0 Å². The summed E-state index contributed by atoms with van der Waals surface area (Å²) in [6, 6.07) is 0. The molecule has 50 heavy (non-hydrogen) atoms. The zero-order valence-electron chi connectivity index (χ0n) is 32.4. The van der Waals surface area contributed by atoms with E-state index < -0.39 is 13.9 Å². The number of hydrogen-bond acceptors (Lipinski definition) is 7. The van der Waals surface area contributed by atoms with Gasteiger partial charge in [0.25, 0.3) is 0 Å². The Hall–Kier alpha value is -1.44. The number of phosphoric ester groups is 1. The molecule has 0 radical (unpaired) electrons. The monoisotopic (exact) mass is 728 g/mol. The summed E-state index contributed by atoms with van der Waals surface area (Å²) in [5.74, 6) is -0.360. The average Bonchev–Trinajstić information content (AvgIpc) is 3.10. The number of hydrogen-bond donors (Lipinski definition) is 2. The van der Waals surface area contributed by atoms with Crippen LogP contribution in [0.5, 0.6) is 0 Å². The summed E-state index contributed by atoms with van der Waals surface area (Å²) < 4.78 is 33.1. The average molecular weight is 728 g/mol. The molecule has 0 aromatic carbocycles. The second-order valence-electron chi connectivity index (χ2n) is 13.6. The summed E-state index contributed by atoms with van der Waals surface area (Å²) in [7, 11) is -4.29. The molecule has 0 spiro atoms. The van der Waals surface area contributed by atoms with E-state index in [9.17, 15) is 14.3 Å². The van der Waals surface area contributed by atoms with Gasteiger partial charge in [0.2, 0.25) is 0 Å². The van der Waals surface area contributed by atoms with Gasteiger partial charge in [0, 0.05) is 13.0 Å². The Balaban J connectivity index is 4.12. The molecular weight excluding hydrogens is 649 g/mol. The highest BCUT2D eigenvalue weighted by molar-refractivity contribution is 7.47. The molecule has 0 heterocycles. The van der Waals surface area contributed by atoms with E-state index in [0.29, 0.717) is 6.42 Å². The lowest BCUT2D eigenvalue weighted by Crippen LogP contribution is -2.27. The molecular formula is C41H78NO7P. The summed E-state index contributed by atoms with van der Waals surface area (Å²) in [6.45, 7) is 4.21. The molecule has 0 amide bonds. The fraction of sp³-hybridized carbons (Fsp3) is 0.829. The van der Waals surface area contributed by atoms with Crippen LogP contribution in [-0.4, -0.2) is 43.3 Å². The summed E-state index contributed by atoms with van der Waals surface area (Å²) in [6.07, 6.45) is 43.9. The molecule has 0 aliphatic heterocycles. The van der Waals surface area contributed by atoms with Crippen LogP contribution in [0.25, 0.3) is 0 Å². The van der Waals surface area contributed by atoms with Crippen LogP contribution in [0.1, 0.15) is 187 Å². The Morgan fingerprint density at radius 3 is 1.62 bits per heavy atom. The van der Waals surface area contributed by atoms with Crippen molar-refractivity contribution in [3.63, 3.8) is 0 Å². The lowest BCUT2D eigenvalue weighted by Gasteiger charge is -2.19. The first-order valence-corrected chi connectivity index (χ1v) is 22.0. The van der Waals surface area contributed by atoms with Crippen molar-refractivity contribution in [1.29, 1.82) is 0 Å². The largest absolute Gasteiger partial charge is 0.498 e. The molecule has 0 aromatic rings. The van der Waals surface area contributed by atoms with Gasteiger partial charge < -0.3 is 20.1 Å². The number of esters is 1. The summed E-state index contributed by atoms with van der Waals surface area (Å²) >= 11 is 0. The molecule has 0 aromatic heterocycles. The van der Waals surface area contributed by atoms with Crippen LogP contribution < -0.4 is 5.73 Å². The highest BCUT2D eigenvalue weighted by Crippen LogP contribution is 2.43. The topological polar surface area (TPSA) is 117 Å². The Kier molecular flexibility index (Phi) is 37.7. The molecule has 0 rings (SSSR count). The standard InChI is InChI=1S/C41H78NO7P/c1-3-5-7-9-11-13-15-17-19-20-21-22-24-26-28-30-32-34-41(43)49-40(39-48-50(44,45)47-37-35-42)38-46-36-33-31-29-27-25-23-18-16-14-12-10-8-6-4-2/h11,13,17,19,33,36,40H,3-10,12,14-16,18,20-32,34-35,37-39,42H2,1-2H3,(H,44,45)/t40-/m1/s1. The third kappa shape index (κ3) is 37.8. The highest BCUT2D eigenvalue weighted by Gasteiger charge is 2.25. The first-order chi connectivity index (χ1) is 24.4. The van der Waals surface area contributed by atoms with Crippen molar-refractivity contribution in [2.24, 2.45) is 5.73 Å². The molecule has 2 atom stereocenters. The van der Waals surface area contributed by atoms with Crippen LogP contribution in [0.15, 0.2) is 36.6 Å². The number of carbonyl (C=O) groups is 1. The molecule has 0 saturated carbocycles. The second kappa shape index (κ2) is 38.8. The summed E-state index contributed by atoms with van der Waals surface area (Å²) in [5.41, 5.74) is 5.35. The van der Waals surface area contributed by atoms with Gasteiger partial charge in [0.05, 0.1) is 19.5 Å². The number of unbranched alkanes of at least 4 members (excludes halogenated alkanes) is 22. The van der Waals surface area contributed by atoms with E-state index in [0.717, 1.165) is 44.9 Å². The van der Waals surface area contributed by atoms with E-state index in [2.05, 4.69) is 38.2 Å². The number of carbonyl (C=O) groups excluding carboxylic acids is 1. The molecule has 294 valence electrons. The maximum atomic E-state index is 12.5. The van der Waals surface area contributed by atoms with E-state index in [4.69, 9.17) is 24.3 Å². The Morgan fingerprint density at radius 1 is 0.620 bits per heavy atom. The molecule has 3 N–H and O–H groups in total. The normalized spacial score (nSPS) is 13.8. The molecule has 1 unspecified atom stereocenters. The molecule has 0 aliphatic rings. The number of allylic oxidation sites excluding steroid dienone is 5. The first-order valence-electron chi connectivity index (χ1n) is 20.5. The van der Waals surface area contributed by atoms with Crippen molar-refractivity contribution in [1.82, 2.24) is 0 Å². The highest BCUT2D eigenvalue weighted by atomic mass is 31.2. The van der Waals surface area contributed by atoms with E-state index in [-0.39, 0.29) is 32.3 Å². The van der Waals surface area contributed by atoms with Gasteiger partial charge >= 0.3 is 13.8 Å². The number of ether oxygens (including phenoxy) is 2. The van der Waals surface area contributed by atoms with Gasteiger partial charge in [-0.05, 0) is 57.4 Å². The van der Waals surface area contributed by atoms with Crippen molar-refractivity contribution in [2.45, 2.75) is 193 Å². The van der Waals surface area contributed by atoms with Crippen LogP contribution in [-0.2, 0) is 27.9 Å². The molecule has 9 heteroatoms. The van der Waals surface area contributed by atoms with E-state index in [1.54, 1.807) is 6.26 Å². The SMILES string of the molecule is CCCCCC=CCC=CCCCCCCCCCC(=O)O[C@H](COC=CCCCCCCCCCCCCCC)COP(=O)(O)OCCN.